The van der Waals surface area contributed by atoms with Crippen molar-refractivity contribution in [3.05, 3.63) is 27.8 Å². The predicted octanol–water partition coefficient (Wildman–Crippen LogP) is 2.13. The Labute approximate surface area is 92.0 Å². The highest BCUT2D eigenvalue weighted by Crippen LogP contribution is 2.18. The molecule has 0 aromatic heterocycles. The molecule has 0 unspecified atom stereocenters. The third-order valence-corrected chi connectivity index (χ3v) is 2.86. The number of morpholine rings is 1. The zero-order valence-electron chi connectivity index (χ0n) is 7.37. The Morgan fingerprint density at radius 3 is 2.69 bits per heavy atom. The van der Waals surface area contributed by atoms with Crippen molar-refractivity contribution in [2.24, 2.45) is 0 Å². The predicted molar refractivity (Wildman–Crippen MR) is 62.2 cm³/mol. The molecule has 1 heterocycles. The summed E-state index contributed by atoms with van der Waals surface area (Å²) in [6, 6.07) is 8.59. The molecule has 0 radical (unpaired) electrons. The van der Waals surface area contributed by atoms with E-state index >= 15 is 0 Å². The maximum absolute atomic E-state index is 5.31. The summed E-state index contributed by atoms with van der Waals surface area (Å²) in [5.41, 5.74) is 1.32. The van der Waals surface area contributed by atoms with Crippen LogP contribution in [0.1, 0.15) is 0 Å². The van der Waals surface area contributed by atoms with Crippen LogP contribution in [0.3, 0.4) is 0 Å². The molecule has 0 bridgehead atoms. The van der Waals surface area contributed by atoms with Crippen molar-refractivity contribution in [2.45, 2.75) is 0 Å². The summed E-state index contributed by atoms with van der Waals surface area (Å²) < 4.78 is 6.60. The molecule has 0 amide bonds. The van der Waals surface area contributed by atoms with Gasteiger partial charge in [-0.2, -0.15) is 0 Å². The van der Waals surface area contributed by atoms with Crippen LogP contribution in [0, 0.1) is 3.57 Å². The quantitative estimate of drug-likeness (QED) is 0.734. The normalized spacial score (nSPS) is 17.5. The largest absolute Gasteiger partial charge is 0.378 e. The number of hydrogen-bond acceptors (Lipinski definition) is 2. The van der Waals surface area contributed by atoms with Gasteiger partial charge in [-0.05, 0) is 40.8 Å². The molecule has 1 aromatic rings. The molecule has 0 saturated carbocycles. The molecule has 0 aliphatic carbocycles. The summed E-state index contributed by atoms with van der Waals surface area (Å²) in [4.78, 5) is 2.37. The number of nitrogens with zero attached hydrogens (tertiary/aromatic N) is 1. The summed E-state index contributed by atoms with van der Waals surface area (Å²) in [6.45, 7) is 3.73. The molecule has 0 N–H and O–H groups in total. The Morgan fingerprint density at radius 2 is 2.00 bits per heavy atom. The Hall–Kier alpha value is -0.290. The highest BCUT2D eigenvalue weighted by Gasteiger charge is 2.10. The Morgan fingerprint density at radius 1 is 1.23 bits per heavy atom. The molecule has 0 atom stereocenters. The van der Waals surface area contributed by atoms with Gasteiger partial charge in [0.1, 0.15) is 0 Å². The molecule has 3 heteroatoms. The topological polar surface area (TPSA) is 12.5 Å². The van der Waals surface area contributed by atoms with E-state index in [2.05, 4.69) is 51.8 Å². The standard InChI is InChI=1S/C10H12INO/c11-9-2-1-3-10(8-9)12-4-6-13-7-5-12/h1-3,8H,4-7H2. The third-order valence-electron chi connectivity index (χ3n) is 2.18. The van der Waals surface area contributed by atoms with Gasteiger partial charge in [-0.25, -0.2) is 0 Å². The number of rotatable bonds is 1. The van der Waals surface area contributed by atoms with Gasteiger partial charge in [-0.1, -0.05) is 6.07 Å². The van der Waals surface area contributed by atoms with Gasteiger partial charge < -0.3 is 9.64 Å². The summed E-state index contributed by atoms with van der Waals surface area (Å²) >= 11 is 2.34. The summed E-state index contributed by atoms with van der Waals surface area (Å²) in [7, 11) is 0. The third kappa shape index (κ3) is 2.34. The first-order valence-electron chi connectivity index (χ1n) is 4.44. The zero-order chi connectivity index (χ0) is 9.10. The van der Waals surface area contributed by atoms with E-state index in [0.29, 0.717) is 0 Å². The minimum Gasteiger partial charge on any atom is -0.378 e. The van der Waals surface area contributed by atoms with Crippen LogP contribution < -0.4 is 4.90 Å². The van der Waals surface area contributed by atoms with E-state index in [1.54, 1.807) is 0 Å². The molecule has 70 valence electrons. The second-order valence-electron chi connectivity index (χ2n) is 3.08. The van der Waals surface area contributed by atoms with E-state index in [1.807, 2.05) is 0 Å². The van der Waals surface area contributed by atoms with E-state index in [0.717, 1.165) is 26.3 Å². The number of halogens is 1. The number of benzene rings is 1. The van der Waals surface area contributed by atoms with Crippen LogP contribution in [0.15, 0.2) is 24.3 Å². The van der Waals surface area contributed by atoms with E-state index in [1.165, 1.54) is 9.26 Å². The monoisotopic (exact) mass is 289 g/mol. The summed E-state index contributed by atoms with van der Waals surface area (Å²) in [5, 5.41) is 0. The molecule has 1 fully saturated rings. The SMILES string of the molecule is Ic1cccc(N2CCOCC2)c1. The van der Waals surface area contributed by atoms with Crippen molar-refractivity contribution in [3.8, 4) is 0 Å². The lowest BCUT2D eigenvalue weighted by molar-refractivity contribution is 0.122. The maximum atomic E-state index is 5.31. The van der Waals surface area contributed by atoms with Crippen molar-refractivity contribution < 1.29 is 4.74 Å². The van der Waals surface area contributed by atoms with Crippen molar-refractivity contribution >= 4 is 28.3 Å². The number of hydrogen-bond donors (Lipinski definition) is 0. The zero-order valence-corrected chi connectivity index (χ0v) is 9.53. The smallest absolute Gasteiger partial charge is 0.0642 e. The van der Waals surface area contributed by atoms with Crippen LogP contribution in [0.2, 0.25) is 0 Å². The second kappa shape index (κ2) is 4.28. The van der Waals surface area contributed by atoms with E-state index in [9.17, 15) is 0 Å². The molecular weight excluding hydrogens is 277 g/mol. The van der Waals surface area contributed by atoms with Crippen LogP contribution in [0.25, 0.3) is 0 Å². The fourth-order valence-electron chi connectivity index (χ4n) is 1.49. The van der Waals surface area contributed by atoms with Gasteiger partial charge in [0.25, 0.3) is 0 Å². The first-order chi connectivity index (χ1) is 6.36. The molecule has 0 spiro atoms. The summed E-state index contributed by atoms with van der Waals surface area (Å²) in [5.74, 6) is 0. The minimum absolute atomic E-state index is 0.853. The van der Waals surface area contributed by atoms with E-state index in [4.69, 9.17) is 4.74 Å². The highest BCUT2D eigenvalue weighted by atomic mass is 127. The van der Waals surface area contributed by atoms with Crippen LogP contribution in [-0.2, 0) is 4.74 Å². The maximum Gasteiger partial charge on any atom is 0.0642 e. The Bertz CT molecular complexity index is 284. The van der Waals surface area contributed by atoms with Gasteiger partial charge >= 0.3 is 0 Å². The first-order valence-corrected chi connectivity index (χ1v) is 5.52. The van der Waals surface area contributed by atoms with Crippen molar-refractivity contribution in [2.75, 3.05) is 31.2 Å². The fourth-order valence-corrected chi connectivity index (χ4v) is 2.02. The van der Waals surface area contributed by atoms with Crippen molar-refractivity contribution in [3.63, 3.8) is 0 Å². The first kappa shape index (κ1) is 9.27. The molecule has 2 rings (SSSR count). The van der Waals surface area contributed by atoms with E-state index < -0.39 is 0 Å². The number of ether oxygens (including phenoxy) is 1. The number of anilines is 1. The molecule has 1 aliphatic rings. The average molecular weight is 289 g/mol. The minimum atomic E-state index is 0.853. The Balaban J connectivity index is 2.14. The average Bonchev–Trinajstić information content (AvgIpc) is 2.19. The van der Waals surface area contributed by atoms with Crippen LogP contribution in [0.5, 0.6) is 0 Å². The molecular formula is C10H12INO. The molecule has 1 aromatic carbocycles. The van der Waals surface area contributed by atoms with Crippen LogP contribution >= 0.6 is 22.6 Å². The van der Waals surface area contributed by atoms with Gasteiger partial charge in [-0.15, -0.1) is 0 Å². The van der Waals surface area contributed by atoms with Gasteiger partial charge in [0.2, 0.25) is 0 Å². The van der Waals surface area contributed by atoms with Gasteiger partial charge in [0, 0.05) is 22.3 Å². The second-order valence-corrected chi connectivity index (χ2v) is 4.32. The van der Waals surface area contributed by atoms with Crippen LogP contribution in [-0.4, -0.2) is 26.3 Å². The summed E-state index contributed by atoms with van der Waals surface area (Å²) in [6.07, 6.45) is 0. The van der Waals surface area contributed by atoms with Gasteiger partial charge in [-0.3, -0.25) is 0 Å². The Kier molecular flexibility index (Phi) is 3.05. The lowest BCUT2D eigenvalue weighted by Crippen LogP contribution is -2.36. The fraction of sp³-hybridized carbons (Fsp3) is 0.400. The molecule has 1 aliphatic heterocycles. The van der Waals surface area contributed by atoms with Crippen molar-refractivity contribution in [1.82, 2.24) is 0 Å². The van der Waals surface area contributed by atoms with Crippen LogP contribution in [0.4, 0.5) is 5.69 Å². The van der Waals surface area contributed by atoms with Gasteiger partial charge in [0.15, 0.2) is 0 Å². The molecule has 1 saturated heterocycles. The lowest BCUT2D eigenvalue weighted by atomic mass is 10.3. The molecule has 2 nitrogen and oxygen atoms in total. The van der Waals surface area contributed by atoms with E-state index in [-0.39, 0.29) is 0 Å². The lowest BCUT2D eigenvalue weighted by Gasteiger charge is -2.28. The van der Waals surface area contributed by atoms with Gasteiger partial charge in [0.05, 0.1) is 13.2 Å². The molecule has 13 heavy (non-hydrogen) atoms. The highest BCUT2D eigenvalue weighted by molar-refractivity contribution is 14.1. The van der Waals surface area contributed by atoms with Crippen molar-refractivity contribution in [1.29, 1.82) is 0 Å².